The molecule has 1 amide bonds. The number of hydrogen-bond acceptors (Lipinski definition) is 6. The molecule has 1 fully saturated rings. The van der Waals surface area contributed by atoms with Crippen molar-refractivity contribution in [1.82, 2.24) is 10.2 Å². The number of carbonyl (C=O) groups is 1. The summed E-state index contributed by atoms with van der Waals surface area (Å²) < 4.78 is 26.0. The predicted molar refractivity (Wildman–Crippen MR) is 127 cm³/mol. The molecule has 9 nitrogen and oxygen atoms in total. The van der Waals surface area contributed by atoms with Crippen LogP contribution < -0.4 is 9.62 Å². The molecule has 1 aliphatic heterocycles. The molecule has 1 aliphatic rings. The van der Waals surface area contributed by atoms with Crippen molar-refractivity contribution in [3.05, 3.63) is 69.8 Å². The lowest BCUT2D eigenvalue weighted by Crippen LogP contribution is -2.49. The van der Waals surface area contributed by atoms with Crippen LogP contribution in [0.3, 0.4) is 0 Å². The van der Waals surface area contributed by atoms with Crippen LogP contribution in [0.2, 0.25) is 0 Å². The smallest absolute Gasteiger partial charge is 0.271 e. The van der Waals surface area contributed by atoms with Crippen molar-refractivity contribution in [2.75, 3.05) is 23.7 Å². The first-order valence-corrected chi connectivity index (χ1v) is 12.9. The van der Waals surface area contributed by atoms with E-state index in [1.807, 2.05) is 24.3 Å². The van der Waals surface area contributed by atoms with Crippen molar-refractivity contribution in [3.8, 4) is 0 Å². The van der Waals surface area contributed by atoms with Crippen LogP contribution in [0.5, 0.6) is 0 Å². The zero-order chi connectivity index (χ0) is 24.0. The van der Waals surface area contributed by atoms with Crippen LogP contribution in [-0.4, -0.2) is 49.5 Å². The lowest BCUT2D eigenvalue weighted by Gasteiger charge is -2.30. The highest BCUT2D eigenvalue weighted by Gasteiger charge is 2.32. The van der Waals surface area contributed by atoms with Crippen molar-refractivity contribution >= 4 is 27.3 Å². The molecule has 0 radical (unpaired) electrons. The van der Waals surface area contributed by atoms with Gasteiger partial charge in [-0.1, -0.05) is 37.3 Å². The standard InChI is InChI=1S/C23H30N4O5S/c1-3-22(26(33(2,31)32)20-7-6-8-21(15-20)27(29)30)23(28)24-16-18-9-11-19(12-10-18)17-25-13-4-5-14-25/h6-12,15,22H,3-5,13-14,16-17H2,1-2H3,(H,24,28). The van der Waals surface area contributed by atoms with Gasteiger partial charge in [-0.2, -0.15) is 0 Å². The maximum absolute atomic E-state index is 13.0. The largest absolute Gasteiger partial charge is 0.350 e. The Hall–Kier alpha value is -2.98. The maximum Gasteiger partial charge on any atom is 0.271 e. The van der Waals surface area contributed by atoms with Crippen molar-refractivity contribution in [3.63, 3.8) is 0 Å². The number of anilines is 1. The van der Waals surface area contributed by atoms with E-state index in [2.05, 4.69) is 10.2 Å². The molecule has 1 heterocycles. The third-order valence-electron chi connectivity index (χ3n) is 5.72. The normalized spacial score (nSPS) is 15.2. The number of nitrogens with zero attached hydrogens (tertiary/aromatic N) is 3. The molecule has 2 aromatic carbocycles. The van der Waals surface area contributed by atoms with Gasteiger partial charge in [0.2, 0.25) is 15.9 Å². The molecule has 1 N–H and O–H groups in total. The molecule has 0 aliphatic carbocycles. The number of likely N-dealkylation sites (tertiary alicyclic amines) is 1. The average Bonchev–Trinajstić information content (AvgIpc) is 3.29. The molecule has 33 heavy (non-hydrogen) atoms. The van der Waals surface area contributed by atoms with E-state index in [4.69, 9.17) is 0 Å². The Morgan fingerprint density at radius 2 is 1.79 bits per heavy atom. The lowest BCUT2D eigenvalue weighted by molar-refractivity contribution is -0.384. The van der Waals surface area contributed by atoms with Crippen LogP contribution in [-0.2, 0) is 27.9 Å². The SMILES string of the molecule is CCC(C(=O)NCc1ccc(CN2CCCC2)cc1)N(c1cccc([N+](=O)[O-])c1)S(C)(=O)=O. The van der Waals surface area contributed by atoms with Crippen LogP contribution in [0, 0.1) is 10.1 Å². The Morgan fingerprint density at radius 3 is 2.36 bits per heavy atom. The number of sulfonamides is 1. The zero-order valence-electron chi connectivity index (χ0n) is 18.9. The van der Waals surface area contributed by atoms with E-state index in [0.717, 1.165) is 41.8 Å². The second kappa shape index (κ2) is 10.8. The van der Waals surface area contributed by atoms with Crippen LogP contribution in [0.4, 0.5) is 11.4 Å². The van der Waals surface area contributed by atoms with E-state index in [0.29, 0.717) is 0 Å². The van der Waals surface area contributed by atoms with E-state index in [1.165, 1.54) is 36.6 Å². The number of rotatable bonds is 10. The van der Waals surface area contributed by atoms with Crippen LogP contribution in [0.15, 0.2) is 48.5 Å². The molecule has 3 rings (SSSR count). The average molecular weight is 475 g/mol. The maximum atomic E-state index is 13.0. The van der Waals surface area contributed by atoms with E-state index in [-0.39, 0.29) is 24.3 Å². The van der Waals surface area contributed by atoms with Gasteiger partial charge in [0.25, 0.3) is 5.69 Å². The zero-order valence-corrected chi connectivity index (χ0v) is 19.8. The van der Waals surface area contributed by atoms with Gasteiger partial charge in [-0.3, -0.25) is 24.1 Å². The summed E-state index contributed by atoms with van der Waals surface area (Å²) in [5.41, 5.74) is 1.96. The molecule has 0 saturated carbocycles. The minimum Gasteiger partial charge on any atom is -0.350 e. The molecule has 10 heteroatoms. The molecular weight excluding hydrogens is 444 g/mol. The first-order valence-electron chi connectivity index (χ1n) is 11.0. The molecule has 2 aromatic rings. The summed E-state index contributed by atoms with van der Waals surface area (Å²) in [6, 6.07) is 12.3. The molecular formula is C23H30N4O5S. The van der Waals surface area contributed by atoms with Gasteiger partial charge in [0, 0.05) is 25.2 Å². The van der Waals surface area contributed by atoms with Gasteiger partial charge in [0.15, 0.2) is 0 Å². The number of nitrogens with one attached hydrogen (secondary N) is 1. The monoisotopic (exact) mass is 474 g/mol. The Kier molecular flexibility index (Phi) is 8.04. The van der Waals surface area contributed by atoms with Gasteiger partial charge in [0.1, 0.15) is 6.04 Å². The van der Waals surface area contributed by atoms with Crippen LogP contribution in [0.25, 0.3) is 0 Å². The Balaban J connectivity index is 1.70. The van der Waals surface area contributed by atoms with Gasteiger partial charge in [0.05, 0.1) is 16.9 Å². The lowest BCUT2D eigenvalue weighted by atomic mass is 10.1. The second-order valence-corrected chi connectivity index (χ2v) is 10.1. The van der Waals surface area contributed by atoms with Gasteiger partial charge >= 0.3 is 0 Å². The fourth-order valence-corrected chi connectivity index (χ4v) is 5.28. The van der Waals surface area contributed by atoms with Crippen molar-refractivity contribution in [2.24, 2.45) is 0 Å². The summed E-state index contributed by atoms with van der Waals surface area (Å²) in [5, 5.41) is 13.9. The second-order valence-electron chi connectivity index (χ2n) is 8.28. The topological polar surface area (TPSA) is 113 Å². The highest BCUT2D eigenvalue weighted by atomic mass is 32.2. The number of benzene rings is 2. The van der Waals surface area contributed by atoms with E-state index >= 15 is 0 Å². The molecule has 178 valence electrons. The van der Waals surface area contributed by atoms with Crippen molar-refractivity contribution < 1.29 is 18.1 Å². The third kappa shape index (κ3) is 6.52. The quantitative estimate of drug-likeness (QED) is 0.418. The Morgan fingerprint density at radius 1 is 1.15 bits per heavy atom. The molecule has 1 atom stereocenters. The minimum absolute atomic E-state index is 0.0833. The summed E-state index contributed by atoms with van der Waals surface area (Å²) in [4.78, 5) is 25.9. The van der Waals surface area contributed by atoms with E-state index in [1.54, 1.807) is 6.92 Å². The van der Waals surface area contributed by atoms with Gasteiger partial charge in [-0.15, -0.1) is 0 Å². The first-order chi connectivity index (χ1) is 15.7. The third-order valence-corrected chi connectivity index (χ3v) is 6.90. The highest BCUT2D eigenvalue weighted by molar-refractivity contribution is 7.92. The number of non-ortho nitro benzene ring substituents is 1. The van der Waals surface area contributed by atoms with Crippen LogP contribution in [0.1, 0.15) is 37.3 Å². The molecule has 1 saturated heterocycles. The predicted octanol–water partition coefficient (Wildman–Crippen LogP) is 3.05. The van der Waals surface area contributed by atoms with Gasteiger partial charge < -0.3 is 5.32 Å². The summed E-state index contributed by atoms with van der Waals surface area (Å²) in [5.74, 6) is -0.462. The van der Waals surface area contributed by atoms with Crippen molar-refractivity contribution in [2.45, 2.75) is 45.3 Å². The Labute approximate surface area is 194 Å². The molecule has 0 spiro atoms. The highest BCUT2D eigenvalue weighted by Crippen LogP contribution is 2.26. The number of nitro benzene ring substituents is 1. The number of amides is 1. The van der Waals surface area contributed by atoms with E-state index in [9.17, 15) is 23.3 Å². The summed E-state index contributed by atoms with van der Waals surface area (Å²) in [6.45, 7) is 5.12. The molecule has 1 unspecified atom stereocenters. The van der Waals surface area contributed by atoms with Gasteiger partial charge in [-0.25, -0.2) is 8.42 Å². The van der Waals surface area contributed by atoms with Crippen molar-refractivity contribution in [1.29, 1.82) is 0 Å². The molecule has 0 aromatic heterocycles. The van der Waals surface area contributed by atoms with Crippen LogP contribution >= 0.6 is 0 Å². The Bertz CT molecular complexity index is 1080. The summed E-state index contributed by atoms with van der Waals surface area (Å²) in [6.07, 6.45) is 3.67. The van der Waals surface area contributed by atoms with E-state index < -0.39 is 26.9 Å². The number of hydrogen-bond donors (Lipinski definition) is 1. The molecule has 0 bridgehead atoms. The fourth-order valence-electron chi connectivity index (χ4n) is 4.07. The first kappa shape index (κ1) is 24.7. The minimum atomic E-state index is -3.87. The number of carbonyl (C=O) groups excluding carboxylic acids is 1. The number of nitro groups is 1. The summed E-state index contributed by atoms with van der Waals surface area (Å²) in [7, 11) is -3.87. The fraction of sp³-hybridized carbons (Fsp3) is 0.435. The van der Waals surface area contributed by atoms with Gasteiger partial charge in [-0.05, 0) is 49.5 Å². The summed E-state index contributed by atoms with van der Waals surface area (Å²) >= 11 is 0.